The standard InChI is InChI=1S/C17H16N2S/c18-14-6-3-7-15-16(14)19-17(20-15)13-9-8-11-4-1-2-5-12(11)10-13/h1-2,4-5,8-10,14H,3,6-7,18H2. The highest BCUT2D eigenvalue weighted by atomic mass is 32.1. The number of hydrogen-bond donors (Lipinski definition) is 1. The van der Waals surface area contributed by atoms with Gasteiger partial charge in [0, 0.05) is 16.5 Å². The smallest absolute Gasteiger partial charge is 0.123 e. The number of thiazole rings is 1. The van der Waals surface area contributed by atoms with Gasteiger partial charge in [0.25, 0.3) is 0 Å². The van der Waals surface area contributed by atoms with E-state index in [4.69, 9.17) is 10.7 Å². The van der Waals surface area contributed by atoms with Crippen molar-refractivity contribution in [2.45, 2.75) is 25.3 Å². The Hall–Kier alpha value is -1.71. The van der Waals surface area contributed by atoms with Crippen molar-refractivity contribution in [1.82, 2.24) is 4.98 Å². The number of fused-ring (bicyclic) bond motifs is 2. The third-order valence-electron chi connectivity index (χ3n) is 3.99. The summed E-state index contributed by atoms with van der Waals surface area (Å²) in [6, 6.07) is 15.1. The number of rotatable bonds is 1. The lowest BCUT2D eigenvalue weighted by Crippen LogP contribution is -2.16. The molecule has 2 nitrogen and oxygen atoms in total. The Morgan fingerprint density at radius 1 is 1.10 bits per heavy atom. The zero-order valence-electron chi connectivity index (χ0n) is 11.2. The van der Waals surface area contributed by atoms with Gasteiger partial charge in [0.05, 0.1) is 5.69 Å². The minimum Gasteiger partial charge on any atom is -0.323 e. The molecule has 4 rings (SSSR count). The maximum Gasteiger partial charge on any atom is 0.123 e. The molecule has 20 heavy (non-hydrogen) atoms. The highest BCUT2D eigenvalue weighted by Crippen LogP contribution is 2.36. The van der Waals surface area contributed by atoms with Crippen molar-refractivity contribution in [2.75, 3.05) is 0 Å². The molecule has 0 radical (unpaired) electrons. The van der Waals surface area contributed by atoms with Gasteiger partial charge in [-0.3, -0.25) is 0 Å². The van der Waals surface area contributed by atoms with Gasteiger partial charge >= 0.3 is 0 Å². The quantitative estimate of drug-likeness (QED) is 0.722. The Labute approximate surface area is 122 Å². The SMILES string of the molecule is NC1CCCc2sc(-c3ccc4ccccc4c3)nc21. The summed E-state index contributed by atoms with van der Waals surface area (Å²) in [6.45, 7) is 0. The molecular weight excluding hydrogens is 264 g/mol. The molecule has 1 heterocycles. The predicted molar refractivity (Wildman–Crippen MR) is 84.9 cm³/mol. The van der Waals surface area contributed by atoms with Crippen molar-refractivity contribution in [1.29, 1.82) is 0 Å². The van der Waals surface area contributed by atoms with Crippen LogP contribution in [-0.4, -0.2) is 4.98 Å². The van der Waals surface area contributed by atoms with Gasteiger partial charge < -0.3 is 5.73 Å². The van der Waals surface area contributed by atoms with Crippen molar-refractivity contribution < 1.29 is 0 Å². The van der Waals surface area contributed by atoms with Crippen molar-refractivity contribution in [2.24, 2.45) is 5.73 Å². The van der Waals surface area contributed by atoms with Crippen LogP contribution in [0.25, 0.3) is 21.3 Å². The van der Waals surface area contributed by atoms with E-state index in [1.807, 2.05) is 11.3 Å². The molecule has 0 amide bonds. The lowest BCUT2D eigenvalue weighted by molar-refractivity contribution is 0.564. The van der Waals surface area contributed by atoms with Crippen LogP contribution in [0.2, 0.25) is 0 Å². The van der Waals surface area contributed by atoms with E-state index in [2.05, 4.69) is 42.5 Å². The second-order valence-electron chi connectivity index (χ2n) is 5.39. The molecule has 1 aliphatic carbocycles. The number of benzene rings is 2. The van der Waals surface area contributed by atoms with Crippen LogP contribution in [0.1, 0.15) is 29.5 Å². The van der Waals surface area contributed by atoms with Crippen LogP contribution in [0.15, 0.2) is 42.5 Å². The Balaban J connectivity index is 1.83. The van der Waals surface area contributed by atoms with Crippen LogP contribution < -0.4 is 5.73 Å². The summed E-state index contributed by atoms with van der Waals surface area (Å²) in [5, 5.41) is 3.65. The first-order valence-corrected chi connectivity index (χ1v) is 7.87. The monoisotopic (exact) mass is 280 g/mol. The van der Waals surface area contributed by atoms with Crippen molar-refractivity contribution >= 4 is 22.1 Å². The molecule has 0 saturated heterocycles. The van der Waals surface area contributed by atoms with E-state index in [0.29, 0.717) is 0 Å². The fourth-order valence-electron chi connectivity index (χ4n) is 2.90. The summed E-state index contributed by atoms with van der Waals surface area (Å²) < 4.78 is 0. The van der Waals surface area contributed by atoms with Gasteiger partial charge in [-0.1, -0.05) is 36.4 Å². The Morgan fingerprint density at radius 3 is 2.80 bits per heavy atom. The minimum absolute atomic E-state index is 0.129. The minimum atomic E-state index is 0.129. The van der Waals surface area contributed by atoms with Crippen molar-refractivity contribution in [3.63, 3.8) is 0 Å². The lowest BCUT2D eigenvalue weighted by Gasteiger charge is -2.15. The molecule has 0 spiro atoms. The zero-order chi connectivity index (χ0) is 13.5. The molecule has 3 heteroatoms. The van der Waals surface area contributed by atoms with Crippen LogP contribution in [-0.2, 0) is 6.42 Å². The highest BCUT2D eigenvalue weighted by Gasteiger charge is 2.22. The molecule has 0 bridgehead atoms. The second kappa shape index (κ2) is 4.69. The second-order valence-corrected chi connectivity index (χ2v) is 6.47. The maximum absolute atomic E-state index is 6.17. The van der Waals surface area contributed by atoms with Crippen LogP contribution in [0.4, 0.5) is 0 Å². The Morgan fingerprint density at radius 2 is 1.95 bits per heavy atom. The summed E-state index contributed by atoms with van der Waals surface area (Å²) in [5.74, 6) is 0. The van der Waals surface area contributed by atoms with E-state index in [0.717, 1.165) is 23.5 Å². The average Bonchev–Trinajstić information content (AvgIpc) is 2.92. The van der Waals surface area contributed by atoms with Crippen molar-refractivity contribution in [3.05, 3.63) is 53.0 Å². The van der Waals surface area contributed by atoms with Gasteiger partial charge in [0.15, 0.2) is 0 Å². The molecular formula is C17H16N2S. The number of nitrogens with two attached hydrogens (primary N) is 1. The van der Waals surface area contributed by atoms with E-state index < -0.39 is 0 Å². The number of aryl methyl sites for hydroxylation is 1. The molecule has 1 aromatic heterocycles. The van der Waals surface area contributed by atoms with Crippen LogP contribution in [0, 0.1) is 0 Å². The van der Waals surface area contributed by atoms with Gasteiger partial charge in [-0.15, -0.1) is 11.3 Å². The van der Waals surface area contributed by atoms with E-state index in [9.17, 15) is 0 Å². The number of aromatic nitrogens is 1. The van der Waals surface area contributed by atoms with Crippen LogP contribution in [0.3, 0.4) is 0 Å². The first kappa shape index (κ1) is 12.1. The molecule has 1 atom stereocenters. The summed E-state index contributed by atoms with van der Waals surface area (Å²) in [7, 11) is 0. The Bertz CT molecular complexity index is 776. The third kappa shape index (κ3) is 1.94. The maximum atomic E-state index is 6.17. The van der Waals surface area contributed by atoms with Gasteiger partial charge in [-0.05, 0) is 36.1 Å². The van der Waals surface area contributed by atoms with Gasteiger partial charge in [-0.2, -0.15) is 0 Å². The Kier molecular flexibility index (Phi) is 2.83. The summed E-state index contributed by atoms with van der Waals surface area (Å²) in [4.78, 5) is 6.18. The van der Waals surface area contributed by atoms with Gasteiger partial charge in [0.2, 0.25) is 0 Å². The van der Waals surface area contributed by atoms with Gasteiger partial charge in [0.1, 0.15) is 5.01 Å². The lowest BCUT2D eigenvalue weighted by atomic mass is 9.99. The predicted octanol–water partition coefficient (Wildman–Crippen LogP) is 4.30. The summed E-state index contributed by atoms with van der Waals surface area (Å²) >= 11 is 1.81. The first-order valence-electron chi connectivity index (χ1n) is 7.05. The van der Waals surface area contributed by atoms with Crippen molar-refractivity contribution in [3.8, 4) is 10.6 Å². The summed E-state index contributed by atoms with van der Waals surface area (Å²) in [6.07, 6.45) is 3.38. The molecule has 0 saturated carbocycles. The van der Waals surface area contributed by atoms with Gasteiger partial charge in [-0.25, -0.2) is 4.98 Å². The molecule has 3 aromatic rings. The molecule has 100 valence electrons. The van der Waals surface area contributed by atoms with E-state index in [-0.39, 0.29) is 6.04 Å². The number of hydrogen-bond acceptors (Lipinski definition) is 3. The average molecular weight is 280 g/mol. The molecule has 1 unspecified atom stereocenters. The first-order chi connectivity index (χ1) is 9.81. The normalized spacial score (nSPS) is 18.1. The molecule has 0 aliphatic heterocycles. The molecule has 0 fully saturated rings. The molecule has 2 N–H and O–H groups in total. The number of nitrogens with zero attached hydrogens (tertiary/aromatic N) is 1. The van der Waals surface area contributed by atoms with E-state index in [1.54, 1.807) is 0 Å². The van der Waals surface area contributed by atoms with E-state index in [1.165, 1.54) is 27.6 Å². The zero-order valence-corrected chi connectivity index (χ0v) is 12.0. The fraction of sp³-hybridized carbons (Fsp3) is 0.235. The van der Waals surface area contributed by atoms with Crippen LogP contribution in [0.5, 0.6) is 0 Å². The topological polar surface area (TPSA) is 38.9 Å². The highest BCUT2D eigenvalue weighted by molar-refractivity contribution is 7.15. The largest absolute Gasteiger partial charge is 0.323 e. The molecule has 1 aliphatic rings. The molecule has 2 aromatic carbocycles. The fourth-order valence-corrected chi connectivity index (χ4v) is 4.07. The van der Waals surface area contributed by atoms with E-state index >= 15 is 0 Å². The van der Waals surface area contributed by atoms with Crippen LogP contribution >= 0.6 is 11.3 Å². The third-order valence-corrected chi connectivity index (χ3v) is 5.17. The summed E-state index contributed by atoms with van der Waals surface area (Å²) in [5.41, 5.74) is 8.51.